The lowest BCUT2D eigenvalue weighted by Gasteiger charge is -2.17. The van der Waals surface area contributed by atoms with Crippen LogP contribution in [-0.4, -0.2) is 6.54 Å². The van der Waals surface area contributed by atoms with E-state index in [0.29, 0.717) is 18.4 Å². The second-order valence-corrected chi connectivity index (χ2v) is 4.55. The molecule has 1 nitrogen and oxygen atoms in total. The van der Waals surface area contributed by atoms with Gasteiger partial charge >= 0.3 is 0 Å². The quantitative estimate of drug-likeness (QED) is 0.860. The molecule has 86 valence electrons. The summed E-state index contributed by atoms with van der Waals surface area (Å²) in [5, 5.41) is 0.786. The van der Waals surface area contributed by atoms with Gasteiger partial charge in [-0.2, -0.15) is 0 Å². The molecule has 0 amide bonds. The van der Waals surface area contributed by atoms with Gasteiger partial charge in [-0.15, -0.1) is 12.4 Å². The zero-order valence-corrected chi connectivity index (χ0v) is 10.8. The van der Waals surface area contributed by atoms with Gasteiger partial charge in [0.05, 0.1) is 0 Å². The Hall–Kier alpha value is -0.240. The fourth-order valence-corrected chi connectivity index (χ4v) is 1.80. The second kappa shape index (κ2) is 7.10. The van der Waals surface area contributed by atoms with Gasteiger partial charge in [-0.25, -0.2) is 0 Å². The number of halogens is 2. The van der Waals surface area contributed by atoms with Crippen LogP contribution in [0.1, 0.15) is 31.7 Å². The van der Waals surface area contributed by atoms with Crippen LogP contribution in [0.2, 0.25) is 5.02 Å². The van der Waals surface area contributed by atoms with Gasteiger partial charge < -0.3 is 5.73 Å². The molecular formula is C12H19Cl2N. The molecule has 1 aromatic rings. The molecule has 1 atom stereocenters. The number of hydrogen-bond donors (Lipinski definition) is 1. The molecule has 0 aliphatic carbocycles. The van der Waals surface area contributed by atoms with Gasteiger partial charge in [-0.05, 0) is 42.5 Å². The molecule has 1 unspecified atom stereocenters. The predicted molar refractivity (Wildman–Crippen MR) is 70.0 cm³/mol. The first-order chi connectivity index (χ1) is 6.63. The summed E-state index contributed by atoms with van der Waals surface area (Å²) in [6.07, 6.45) is 1.14. The van der Waals surface area contributed by atoms with E-state index < -0.39 is 0 Å². The highest BCUT2D eigenvalue weighted by molar-refractivity contribution is 6.30. The largest absolute Gasteiger partial charge is 0.330 e. The molecule has 0 heterocycles. The molecule has 0 radical (unpaired) electrons. The van der Waals surface area contributed by atoms with Crippen molar-refractivity contribution in [3.05, 3.63) is 34.9 Å². The molecule has 0 bridgehead atoms. The lowest BCUT2D eigenvalue weighted by Crippen LogP contribution is -2.14. The molecule has 1 rings (SSSR count). The van der Waals surface area contributed by atoms with Crippen molar-refractivity contribution in [2.75, 3.05) is 6.54 Å². The number of hydrogen-bond acceptors (Lipinski definition) is 1. The fourth-order valence-electron chi connectivity index (χ4n) is 1.67. The molecule has 0 saturated carbocycles. The molecule has 1 aromatic carbocycles. The maximum atomic E-state index is 5.83. The molecule has 0 spiro atoms. The monoisotopic (exact) mass is 247 g/mol. The minimum absolute atomic E-state index is 0. The van der Waals surface area contributed by atoms with Crippen LogP contribution in [0.5, 0.6) is 0 Å². The van der Waals surface area contributed by atoms with Gasteiger partial charge in [0.15, 0.2) is 0 Å². The summed E-state index contributed by atoms with van der Waals surface area (Å²) in [5.74, 6) is 1.14. The Bertz CT molecular complexity index is 269. The summed E-state index contributed by atoms with van der Waals surface area (Å²) in [5.41, 5.74) is 7.06. The summed E-state index contributed by atoms with van der Waals surface area (Å²) in [7, 11) is 0. The topological polar surface area (TPSA) is 26.0 Å². The summed E-state index contributed by atoms with van der Waals surface area (Å²) in [4.78, 5) is 0. The summed E-state index contributed by atoms with van der Waals surface area (Å²) < 4.78 is 0. The third-order valence-corrected chi connectivity index (χ3v) is 2.63. The fraction of sp³-hybridized carbons (Fsp3) is 0.500. The van der Waals surface area contributed by atoms with E-state index in [-0.39, 0.29) is 12.4 Å². The Morgan fingerprint density at radius 1 is 1.20 bits per heavy atom. The maximum absolute atomic E-state index is 5.83. The Balaban J connectivity index is 0.00000196. The van der Waals surface area contributed by atoms with E-state index in [4.69, 9.17) is 17.3 Å². The van der Waals surface area contributed by atoms with Crippen molar-refractivity contribution >= 4 is 24.0 Å². The second-order valence-electron chi connectivity index (χ2n) is 4.11. The molecular weight excluding hydrogens is 229 g/mol. The van der Waals surface area contributed by atoms with E-state index in [1.165, 1.54) is 5.56 Å². The van der Waals surface area contributed by atoms with Crippen molar-refractivity contribution in [1.82, 2.24) is 0 Å². The van der Waals surface area contributed by atoms with Gasteiger partial charge in [0.2, 0.25) is 0 Å². The van der Waals surface area contributed by atoms with Gasteiger partial charge in [0.25, 0.3) is 0 Å². The first-order valence-electron chi connectivity index (χ1n) is 5.09. The Morgan fingerprint density at radius 2 is 1.73 bits per heavy atom. The van der Waals surface area contributed by atoms with Crippen LogP contribution in [-0.2, 0) is 0 Å². The minimum Gasteiger partial charge on any atom is -0.330 e. The standard InChI is InChI=1S/C12H18ClN.ClH/c1-9(2)7-11(8-14)10-3-5-12(13)6-4-10;/h3-6,9,11H,7-8,14H2,1-2H3;1H. The van der Waals surface area contributed by atoms with E-state index >= 15 is 0 Å². The Labute approximate surface area is 103 Å². The van der Waals surface area contributed by atoms with Crippen molar-refractivity contribution in [2.24, 2.45) is 11.7 Å². The number of nitrogens with two attached hydrogens (primary N) is 1. The average molecular weight is 248 g/mol. The van der Waals surface area contributed by atoms with Crippen molar-refractivity contribution in [2.45, 2.75) is 26.2 Å². The Kier molecular flexibility index (Phi) is 6.99. The van der Waals surface area contributed by atoms with Crippen LogP contribution in [0.4, 0.5) is 0 Å². The molecule has 0 saturated heterocycles. The molecule has 0 aliphatic heterocycles. The van der Waals surface area contributed by atoms with Gasteiger partial charge in [-0.1, -0.05) is 37.6 Å². The average Bonchev–Trinajstić information content (AvgIpc) is 2.15. The van der Waals surface area contributed by atoms with E-state index in [1.54, 1.807) is 0 Å². The van der Waals surface area contributed by atoms with Gasteiger partial charge in [-0.3, -0.25) is 0 Å². The maximum Gasteiger partial charge on any atom is 0.0406 e. The third kappa shape index (κ3) is 4.87. The van der Waals surface area contributed by atoms with E-state index in [0.717, 1.165) is 11.4 Å². The highest BCUT2D eigenvalue weighted by Gasteiger charge is 2.11. The van der Waals surface area contributed by atoms with Crippen LogP contribution in [0, 0.1) is 5.92 Å². The summed E-state index contributed by atoms with van der Waals surface area (Å²) in [6, 6.07) is 8.00. The molecule has 3 heteroatoms. The summed E-state index contributed by atoms with van der Waals surface area (Å²) >= 11 is 5.83. The van der Waals surface area contributed by atoms with Crippen molar-refractivity contribution in [3.8, 4) is 0 Å². The lowest BCUT2D eigenvalue weighted by atomic mass is 9.90. The highest BCUT2D eigenvalue weighted by atomic mass is 35.5. The van der Waals surface area contributed by atoms with E-state index in [9.17, 15) is 0 Å². The highest BCUT2D eigenvalue weighted by Crippen LogP contribution is 2.23. The van der Waals surface area contributed by atoms with E-state index in [2.05, 4.69) is 26.0 Å². The first kappa shape index (κ1) is 14.8. The van der Waals surface area contributed by atoms with Crippen molar-refractivity contribution in [1.29, 1.82) is 0 Å². The Morgan fingerprint density at radius 3 is 2.13 bits per heavy atom. The third-order valence-electron chi connectivity index (χ3n) is 2.38. The van der Waals surface area contributed by atoms with Crippen LogP contribution < -0.4 is 5.73 Å². The minimum atomic E-state index is 0. The zero-order chi connectivity index (χ0) is 10.6. The molecule has 0 aromatic heterocycles. The number of benzene rings is 1. The molecule has 2 N–H and O–H groups in total. The number of rotatable bonds is 4. The lowest BCUT2D eigenvalue weighted by molar-refractivity contribution is 0.504. The van der Waals surface area contributed by atoms with Gasteiger partial charge in [0, 0.05) is 5.02 Å². The van der Waals surface area contributed by atoms with Gasteiger partial charge in [0.1, 0.15) is 0 Å². The first-order valence-corrected chi connectivity index (χ1v) is 5.46. The van der Waals surface area contributed by atoms with E-state index in [1.807, 2.05) is 12.1 Å². The van der Waals surface area contributed by atoms with Crippen molar-refractivity contribution < 1.29 is 0 Å². The molecule has 0 aliphatic rings. The van der Waals surface area contributed by atoms with Crippen LogP contribution in [0.3, 0.4) is 0 Å². The smallest absolute Gasteiger partial charge is 0.0406 e. The van der Waals surface area contributed by atoms with Crippen molar-refractivity contribution in [3.63, 3.8) is 0 Å². The normalized spacial score (nSPS) is 12.3. The molecule has 0 fully saturated rings. The van der Waals surface area contributed by atoms with Crippen LogP contribution >= 0.6 is 24.0 Å². The van der Waals surface area contributed by atoms with Crippen LogP contribution in [0.15, 0.2) is 24.3 Å². The molecule has 15 heavy (non-hydrogen) atoms. The summed E-state index contributed by atoms with van der Waals surface area (Å²) in [6.45, 7) is 5.15. The predicted octanol–water partition coefficient (Wildman–Crippen LogP) is 3.85. The SMILES string of the molecule is CC(C)CC(CN)c1ccc(Cl)cc1.Cl. The zero-order valence-electron chi connectivity index (χ0n) is 9.24. The van der Waals surface area contributed by atoms with Crippen LogP contribution in [0.25, 0.3) is 0 Å².